The number of aliphatic carboxylic acids is 1. The summed E-state index contributed by atoms with van der Waals surface area (Å²) in [6.45, 7) is 2.02. The molecule has 1 aromatic carbocycles. The lowest BCUT2D eigenvalue weighted by molar-refractivity contribution is -0.145. The van der Waals surface area contributed by atoms with E-state index in [1.165, 1.54) is 0 Å². The lowest BCUT2D eigenvalue weighted by atomic mass is 9.79. The summed E-state index contributed by atoms with van der Waals surface area (Å²) in [5, 5.41) is 20.6. The van der Waals surface area contributed by atoms with Crippen LogP contribution in [-0.2, 0) is 15.0 Å². The van der Waals surface area contributed by atoms with Gasteiger partial charge in [0.05, 0.1) is 11.5 Å². The van der Waals surface area contributed by atoms with Crippen molar-refractivity contribution in [1.29, 1.82) is 5.26 Å². The molecule has 1 amide bonds. The fraction of sp³-hybridized carbons (Fsp3) is 0.438. The summed E-state index contributed by atoms with van der Waals surface area (Å²) in [5.74, 6) is -1.31. The third-order valence-corrected chi connectivity index (χ3v) is 3.43. The summed E-state index contributed by atoms with van der Waals surface area (Å²) in [5.41, 5.74) is -0.630. The van der Waals surface area contributed by atoms with Crippen LogP contribution in [0.25, 0.3) is 0 Å². The van der Waals surface area contributed by atoms with Gasteiger partial charge in [0.15, 0.2) is 0 Å². The Hall–Kier alpha value is -2.35. The van der Waals surface area contributed by atoms with Gasteiger partial charge in [-0.15, -0.1) is 0 Å². The van der Waals surface area contributed by atoms with Gasteiger partial charge in [-0.3, -0.25) is 9.59 Å². The summed E-state index contributed by atoms with van der Waals surface area (Å²) < 4.78 is 0. The molecule has 1 rings (SSSR count). The SMILES string of the molecule is CC(CC(=O)NCCCCC#N)(C(=O)O)c1ccccc1. The van der Waals surface area contributed by atoms with Crippen molar-refractivity contribution in [3.05, 3.63) is 35.9 Å². The number of carbonyl (C=O) groups excluding carboxylic acids is 1. The first-order valence-corrected chi connectivity index (χ1v) is 6.93. The minimum absolute atomic E-state index is 0.107. The Bertz CT molecular complexity index is 522. The first-order chi connectivity index (χ1) is 10.0. The van der Waals surface area contributed by atoms with Crippen molar-refractivity contribution in [2.24, 2.45) is 0 Å². The van der Waals surface area contributed by atoms with Gasteiger partial charge in [0, 0.05) is 19.4 Å². The predicted molar refractivity (Wildman–Crippen MR) is 78.5 cm³/mol. The van der Waals surface area contributed by atoms with Crippen molar-refractivity contribution < 1.29 is 14.7 Å². The van der Waals surface area contributed by atoms with Gasteiger partial charge in [-0.25, -0.2) is 0 Å². The number of carboxylic acids is 1. The molecule has 0 heterocycles. The maximum absolute atomic E-state index is 11.9. The Morgan fingerprint density at radius 3 is 2.52 bits per heavy atom. The van der Waals surface area contributed by atoms with Gasteiger partial charge in [0.1, 0.15) is 0 Å². The Morgan fingerprint density at radius 2 is 1.95 bits per heavy atom. The highest BCUT2D eigenvalue weighted by molar-refractivity contribution is 5.89. The van der Waals surface area contributed by atoms with E-state index in [0.29, 0.717) is 24.9 Å². The lowest BCUT2D eigenvalue weighted by Gasteiger charge is -2.24. The zero-order chi connectivity index (χ0) is 15.7. The average Bonchev–Trinajstić information content (AvgIpc) is 2.47. The Morgan fingerprint density at radius 1 is 1.29 bits per heavy atom. The molecule has 5 nitrogen and oxygen atoms in total. The molecule has 0 spiro atoms. The van der Waals surface area contributed by atoms with Gasteiger partial charge in [0.25, 0.3) is 0 Å². The topological polar surface area (TPSA) is 90.2 Å². The van der Waals surface area contributed by atoms with Crippen LogP contribution in [0.1, 0.15) is 38.2 Å². The molecule has 2 N–H and O–H groups in total. The van der Waals surface area contributed by atoms with Crippen LogP contribution in [0.4, 0.5) is 0 Å². The van der Waals surface area contributed by atoms with Gasteiger partial charge in [0.2, 0.25) is 5.91 Å². The fourth-order valence-electron chi connectivity index (χ4n) is 2.05. The monoisotopic (exact) mass is 288 g/mol. The minimum atomic E-state index is -1.24. The lowest BCUT2D eigenvalue weighted by Crippen LogP contribution is -2.39. The van der Waals surface area contributed by atoms with Crippen LogP contribution in [-0.4, -0.2) is 23.5 Å². The van der Waals surface area contributed by atoms with Crippen molar-refractivity contribution in [2.75, 3.05) is 6.54 Å². The van der Waals surface area contributed by atoms with Crippen LogP contribution in [0.3, 0.4) is 0 Å². The van der Waals surface area contributed by atoms with Crippen LogP contribution >= 0.6 is 0 Å². The van der Waals surface area contributed by atoms with Gasteiger partial charge in [-0.2, -0.15) is 5.26 Å². The quantitative estimate of drug-likeness (QED) is 0.718. The predicted octanol–water partition coefficient (Wildman–Crippen LogP) is 2.23. The molecule has 21 heavy (non-hydrogen) atoms. The van der Waals surface area contributed by atoms with Crippen molar-refractivity contribution in [3.63, 3.8) is 0 Å². The molecule has 0 fully saturated rings. The normalized spacial score (nSPS) is 13.0. The second-order valence-electron chi connectivity index (χ2n) is 5.15. The van der Waals surface area contributed by atoms with E-state index < -0.39 is 11.4 Å². The van der Waals surface area contributed by atoms with Crippen LogP contribution in [0.2, 0.25) is 0 Å². The molecule has 0 saturated carbocycles. The van der Waals surface area contributed by atoms with Crippen molar-refractivity contribution in [1.82, 2.24) is 5.32 Å². The van der Waals surface area contributed by atoms with E-state index >= 15 is 0 Å². The zero-order valence-electron chi connectivity index (χ0n) is 12.1. The van der Waals surface area contributed by atoms with E-state index in [4.69, 9.17) is 5.26 Å². The molecule has 112 valence electrons. The molecule has 0 aromatic heterocycles. The smallest absolute Gasteiger partial charge is 0.314 e. The average molecular weight is 288 g/mol. The van der Waals surface area contributed by atoms with Crippen LogP contribution in [0, 0.1) is 11.3 Å². The van der Waals surface area contributed by atoms with E-state index in [1.54, 1.807) is 37.3 Å². The van der Waals surface area contributed by atoms with Crippen molar-refractivity contribution in [3.8, 4) is 6.07 Å². The number of unbranched alkanes of at least 4 members (excludes halogenated alkanes) is 2. The molecule has 0 aliphatic carbocycles. The van der Waals surface area contributed by atoms with E-state index in [1.807, 2.05) is 6.07 Å². The molecule has 5 heteroatoms. The molecule has 0 saturated heterocycles. The molecule has 1 unspecified atom stereocenters. The largest absolute Gasteiger partial charge is 0.481 e. The highest BCUT2D eigenvalue weighted by Gasteiger charge is 2.37. The highest BCUT2D eigenvalue weighted by Crippen LogP contribution is 2.27. The summed E-state index contributed by atoms with van der Waals surface area (Å²) in [6, 6.07) is 10.8. The number of carbonyl (C=O) groups is 2. The van der Waals surface area contributed by atoms with E-state index in [9.17, 15) is 14.7 Å². The zero-order valence-corrected chi connectivity index (χ0v) is 12.1. The molecular formula is C16H20N2O3. The third-order valence-electron chi connectivity index (χ3n) is 3.43. The summed E-state index contributed by atoms with van der Waals surface area (Å²) in [7, 11) is 0. The van der Waals surface area contributed by atoms with Crippen molar-refractivity contribution >= 4 is 11.9 Å². The summed E-state index contributed by atoms with van der Waals surface area (Å²) >= 11 is 0. The van der Waals surface area contributed by atoms with Gasteiger partial charge < -0.3 is 10.4 Å². The number of hydrogen-bond donors (Lipinski definition) is 2. The minimum Gasteiger partial charge on any atom is -0.481 e. The Labute approximate surface area is 124 Å². The summed E-state index contributed by atoms with van der Waals surface area (Å²) in [6.07, 6.45) is 1.80. The van der Waals surface area contributed by atoms with Gasteiger partial charge in [-0.1, -0.05) is 30.3 Å². The first-order valence-electron chi connectivity index (χ1n) is 6.93. The number of rotatable bonds is 8. The molecule has 1 aromatic rings. The maximum Gasteiger partial charge on any atom is 0.314 e. The molecule has 1 atom stereocenters. The van der Waals surface area contributed by atoms with Gasteiger partial charge in [-0.05, 0) is 25.3 Å². The second kappa shape index (κ2) is 8.05. The molecule has 0 bridgehead atoms. The Kier molecular flexibility index (Phi) is 6.41. The van der Waals surface area contributed by atoms with E-state index in [-0.39, 0.29) is 12.3 Å². The number of amides is 1. The maximum atomic E-state index is 11.9. The van der Waals surface area contributed by atoms with Gasteiger partial charge >= 0.3 is 5.97 Å². The number of nitrogens with one attached hydrogen (secondary N) is 1. The molecule has 0 aliphatic rings. The fourth-order valence-corrected chi connectivity index (χ4v) is 2.05. The molecule has 0 radical (unpaired) electrons. The molecule has 0 aliphatic heterocycles. The van der Waals surface area contributed by atoms with Crippen molar-refractivity contribution in [2.45, 2.75) is 38.0 Å². The molecular weight excluding hydrogens is 268 g/mol. The number of nitrogens with zero attached hydrogens (tertiary/aromatic N) is 1. The number of hydrogen-bond acceptors (Lipinski definition) is 3. The number of carboxylic acid groups (broad SMARTS) is 1. The highest BCUT2D eigenvalue weighted by atomic mass is 16.4. The van der Waals surface area contributed by atoms with E-state index in [0.717, 1.165) is 6.42 Å². The van der Waals surface area contributed by atoms with Crippen LogP contribution < -0.4 is 5.32 Å². The van der Waals surface area contributed by atoms with Crippen LogP contribution in [0.5, 0.6) is 0 Å². The van der Waals surface area contributed by atoms with Crippen LogP contribution in [0.15, 0.2) is 30.3 Å². The number of benzene rings is 1. The first kappa shape index (κ1) is 16.7. The Balaban J connectivity index is 2.61. The summed E-state index contributed by atoms with van der Waals surface area (Å²) in [4.78, 5) is 23.5. The van der Waals surface area contributed by atoms with E-state index in [2.05, 4.69) is 5.32 Å². The number of nitriles is 1. The second-order valence-corrected chi connectivity index (χ2v) is 5.15. The third kappa shape index (κ3) is 4.92. The standard InChI is InChI=1S/C16H20N2O3/c1-16(15(20)21,13-8-4-2-5-9-13)12-14(19)18-11-7-3-6-10-17/h2,4-5,8-9H,3,6-7,11-12H2,1H3,(H,18,19)(H,20,21).